The van der Waals surface area contributed by atoms with Crippen LogP contribution in [0, 0.1) is 11.3 Å². The molecular formula is C14H16N4O7. The van der Waals surface area contributed by atoms with E-state index in [2.05, 4.69) is 10.3 Å². The van der Waals surface area contributed by atoms with Crippen LogP contribution in [-0.4, -0.2) is 57.8 Å². The molecule has 0 bridgehead atoms. The summed E-state index contributed by atoms with van der Waals surface area (Å²) in [5.74, 6) is -1.81. The molecule has 11 heteroatoms. The zero-order chi connectivity index (χ0) is 18.6. The Balaban J connectivity index is 2.32. The minimum absolute atomic E-state index is 0.0256. The lowest BCUT2D eigenvalue weighted by Gasteiger charge is -2.23. The van der Waals surface area contributed by atoms with Gasteiger partial charge in [0, 0.05) is 20.8 Å². The van der Waals surface area contributed by atoms with Crippen molar-refractivity contribution < 1.29 is 33.3 Å². The third-order valence-electron chi connectivity index (χ3n) is 3.23. The van der Waals surface area contributed by atoms with Crippen LogP contribution in [0.3, 0.4) is 0 Å². The van der Waals surface area contributed by atoms with Crippen LogP contribution in [0.5, 0.6) is 0 Å². The molecule has 2 rings (SSSR count). The van der Waals surface area contributed by atoms with Gasteiger partial charge >= 0.3 is 17.9 Å². The zero-order valence-electron chi connectivity index (χ0n) is 13.7. The molecule has 0 unspecified atom stereocenters. The van der Waals surface area contributed by atoms with Gasteiger partial charge in [0.2, 0.25) is 0 Å². The first-order valence-electron chi connectivity index (χ1n) is 7.27. The number of hydrogen-bond donors (Lipinski definition) is 0. The monoisotopic (exact) mass is 352 g/mol. The van der Waals surface area contributed by atoms with E-state index in [1.165, 1.54) is 31.6 Å². The number of nitriles is 1. The Morgan fingerprint density at radius 2 is 1.84 bits per heavy atom. The molecular weight excluding hydrogens is 336 g/mol. The quantitative estimate of drug-likeness (QED) is 0.501. The maximum Gasteiger partial charge on any atom is 0.303 e. The molecule has 0 aromatic carbocycles. The van der Waals surface area contributed by atoms with Gasteiger partial charge in [-0.25, -0.2) is 4.68 Å². The van der Waals surface area contributed by atoms with E-state index < -0.39 is 42.4 Å². The number of hydrogen-bond acceptors (Lipinski definition) is 10. The Bertz CT molecular complexity index is 710. The number of aromatic nitrogens is 3. The average molecular weight is 352 g/mol. The molecule has 1 saturated heterocycles. The molecule has 0 radical (unpaired) electrons. The van der Waals surface area contributed by atoms with Crippen LogP contribution in [0.25, 0.3) is 0 Å². The standard InChI is InChI=1S/C14H16N4O7/c1-7(19)22-6-11-12(23-8(2)20)13(24-9(3)21)14(25-11)18-5-10(4-15)16-17-18/h5,11-14H,6H2,1-3H3/t11-,12-,13-,14-/m1/s1. The van der Waals surface area contributed by atoms with Gasteiger partial charge in [-0.05, 0) is 0 Å². The summed E-state index contributed by atoms with van der Waals surface area (Å²) >= 11 is 0. The normalized spacial score (nSPS) is 25.0. The molecule has 1 aliphatic rings. The molecule has 25 heavy (non-hydrogen) atoms. The zero-order valence-corrected chi connectivity index (χ0v) is 13.7. The molecule has 1 aliphatic heterocycles. The third kappa shape index (κ3) is 4.51. The highest BCUT2D eigenvalue weighted by Gasteiger charge is 2.51. The maximum atomic E-state index is 11.4. The number of esters is 3. The van der Waals surface area contributed by atoms with Crippen molar-refractivity contribution in [1.29, 1.82) is 5.26 Å². The number of carbonyl (C=O) groups is 3. The third-order valence-corrected chi connectivity index (χ3v) is 3.23. The first-order valence-corrected chi connectivity index (χ1v) is 7.27. The summed E-state index contributed by atoms with van der Waals surface area (Å²) in [6.45, 7) is 3.36. The summed E-state index contributed by atoms with van der Waals surface area (Å²) in [4.78, 5) is 33.9. The molecule has 1 aromatic heterocycles. The van der Waals surface area contributed by atoms with Crippen molar-refractivity contribution in [1.82, 2.24) is 15.0 Å². The van der Waals surface area contributed by atoms with Crippen molar-refractivity contribution in [2.75, 3.05) is 6.61 Å². The van der Waals surface area contributed by atoms with Crippen molar-refractivity contribution in [2.45, 2.75) is 45.3 Å². The van der Waals surface area contributed by atoms with Gasteiger partial charge in [-0.15, -0.1) is 5.10 Å². The summed E-state index contributed by atoms with van der Waals surface area (Å²) in [7, 11) is 0. The minimum atomic E-state index is -1.06. The molecule has 134 valence electrons. The number of ether oxygens (including phenoxy) is 4. The molecule has 4 atom stereocenters. The van der Waals surface area contributed by atoms with E-state index in [0.717, 1.165) is 0 Å². The van der Waals surface area contributed by atoms with Crippen molar-refractivity contribution in [3.63, 3.8) is 0 Å². The molecule has 2 heterocycles. The highest BCUT2D eigenvalue weighted by molar-refractivity contribution is 5.67. The van der Waals surface area contributed by atoms with E-state index >= 15 is 0 Å². The van der Waals surface area contributed by atoms with Crippen LogP contribution in [0.2, 0.25) is 0 Å². The summed E-state index contributed by atoms with van der Waals surface area (Å²) < 4.78 is 22.2. The van der Waals surface area contributed by atoms with Crippen LogP contribution < -0.4 is 0 Å². The fraction of sp³-hybridized carbons (Fsp3) is 0.571. The van der Waals surface area contributed by atoms with Gasteiger partial charge in [0.05, 0.1) is 6.20 Å². The Hall–Kier alpha value is -3.00. The van der Waals surface area contributed by atoms with Gasteiger partial charge in [-0.2, -0.15) is 5.26 Å². The molecule has 0 amide bonds. The van der Waals surface area contributed by atoms with Crippen molar-refractivity contribution in [3.05, 3.63) is 11.9 Å². The first kappa shape index (κ1) is 18.3. The van der Waals surface area contributed by atoms with E-state index in [1.54, 1.807) is 0 Å². The Morgan fingerprint density at radius 3 is 2.36 bits per heavy atom. The summed E-state index contributed by atoms with van der Waals surface area (Å²) in [5.41, 5.74) is 0.0256. The summed E-state index contributed by atoms with van der Waals surface area (Å²) in [5, 5.41) is 16.2. The van der Waals surface area contributed by atoms with E-state index in [0.29, 0.717) is 0 Å². The van der Waals surface area contributed by atoms with Gasteiger partial charge in [-0.3, -0.25) is 14.4 Å². The predicted octanol–water partition coefficient (Wildman–Crippen LogP) is -0.526. The second kappa shape index (κ2) is 7.71. The highest BCUT2D eigenvalue weighted by Crippen LogP contribution is 2.34. The Labute approximate surface area is 142 Å². The average Bonchev–Trinajstić information content (AvgIpc) is 3.10. The van der Waals surface area contributed by atoms with E-state index in [1.807, 2.05) is 6.07 Å². The molecule has 1 fully saturated rings. The van der Waals surface area contributed by atoms with Gasteiger partial charge in [0.1, 0.15) is 18.8 Å². The maximum absolute atomic E-state index is 11.4. The molecule has 0 N–H and O–H groups in total. The lowest BCUT2D eigenvalue weighted by Crippen LogP contribution is -2.40. The summed E-state index contributed by atoms with van der Waals surface area (Å²) in [6.07, 6.45) is -2.70. The van der Waals surface area contributed by atoms with E-state index in [-0.39, 0.29) is 12.3 Å². The van der Waals surface area contributed by atoms with Gasteiger partial charge in [0.15, 0.2) is 24.1 Å². The molecule has 11 nitrogen and oxygen atoms in total. The molecule has 1 aromatic rings. The Morgan fingerprint density at radius 1 is 1.20 bits per heavy atom. The molecule has 0 saturated carbocycles. The van der Waals surface area contributed by atoms with Crippen LogP contribution in [-0.2, 0) is 33.3 Å². The van der Waals surface area contributed by atoms with E-state index in [4.69, 9.17) is 24.2 Å². The van der Waals surface area contributed by atoms with Crippen LogP contribution in [0.1, 0.15) is 32.7 Å². The minimum Gasteiger partial charge on any atom is -0.463 e. The summed E-state index contributed by atoms with van der Waals surface area (Å²) in [6, 6.07) is 1.81. The van der Waals surface area contributed by atoms with Crippen LogP contribution in [0.4, 0.5) is 0 Å². The fourth-order valence-corrected chi connectivity index (χ4v) is 2.36. The Kier molecular flexibility index (Phi) is 5.66. The second-order valence-corrected chi connectivity index (χ2v) is 5.21. The lowest BCUT2D eigenvalue weighted by atomic mass is 10.1. The second-order valence-electron chi connectivity index (χ2n) is 5.21. The van der Waals surface area contributed by atoms with Gasteiger partial charge in [0.25, 0.3) is 0 Å². The SMILES string of the molecule is CC(=O)OC[C@H]1O[C@@H](n2cc(C#N)nn2)[C@H](OC(C)=O)[C@@H]1OC(C)=O. The van der Waals surface area contributed by atoms with Gasteiger partial charge < -0.3 is 18.9 Å². The number of nitrogens with zero attached hydrogens (tertiary/aromatic N) is 4. The van der Waals surface area contributed by atoms with E-state index in [9.17, 15) is 14.4 Å². The lowest BCUT2D eigenvalue weighted by molar-refractivity contribution is -0.166. The van der Waals surface area contributed by atoms with Crippen molar-refractivity contribution in [2.24, 2.45) is 0 Å². The number of rotatable bonds is 5. The fourth-order valence-electron chi connectivity index (χ4n) is 2.36. The number of carbonyl (C=O) groups excluding carboxylic acids is 3. The van der Waals surface area contributed by atoms with Crippen LogP contribution in [0.15, 0.2) is 6.20 Å². The van der Waals surface area contributed by atoms with Crippen molar-refractivity contribution >= 4 is 17.9 Å². The topological polar surface area (TPSA) is 143 Å². The highest BCUT2D eigenvalue weighted by atomic mass is 16.7. The van der Waals surface area contributed by atoms with Crippen molar-refractivity contribution in [3.8, 4) is 6.07 Å². The first-order chi connectivity index (χ1) is 11.8. The van der Waals surface area contributed by atoms with Crippen LogP contribution >= 0.6 is 0 Å². The molecule has 0 aliphatic carbocycles. The molecule has 0 spiro atoms. The largest absolute Gasteiger partial charge is 0.463 e. The smallest absolute Gasteiger partial charge is 0.303 e. The predicted molar refractivity (Wildman–Crippen MR) is 76.4 cm³/mol. The van der Waals surface area contributed by atoms with Gasteiger partial charge in [-0.1, -0.05) is 5.21 Å².